The normalized spacial score (nSPS) is 10.8. The molecule has 0 unspecified atom stereocenters. The highest BCUT2D eigenvalue weighted by molar-refractivity contribution is 9.10. The minimum absolute atomic E-state index is 0.0863. The lowest BCUT2D eigenvalue weighted by atomic mass is 10.2. The van der Waals surface area contributed by atoms with Crippen LogP contribution in [0.1, 0.15) is 10.6 Å². The van der Waals surface area contributed by atoms with Gasteiger partial charge < -0.3 is 15.5 Å². The number of benzene rings is 2. The quantitative estimate of drug-likeness (QED) is 0.683. The number of anilines is 2. The number of hydrogen-bond donors (Lipinski definition) is 2. The third-order valence-electron chi connectivity index (χ3n) is 2.94. The van der Waals surface area contributed by atoms with Crippen LogP contribution in [0.3, 0.4) is 0 Å². The van der Waals surface area contributed by atoms with Crippen molar-refractivity contribution in [1.82, 2.24) is 0 Å². The van der Waals surface area contributed by atoms with Gasteiger partial charge in [-0.05, 0) is 42.5 Å². The Hall–Kier alpha value is -2.34. The fourth-order valence-corrected chi connectivity index (χ4v) is 2.28. The molecule has 106 valence electrons. The molecular weight excluding hydrogens is 339 g/mol. The van der Waals surface area contributed by atoms with E-state index in [9.17, 15) is 9.18 Å². The Balaban J connectivity index is 1.89. The largest absolute Gasteiger partial charge is 0.451 e. The van der Waals surface area contributed by atoms with Crippen molar-refractivity contribution in [3.63, 3.8) is 0 Å². The number of nitrogen functional groups attached to an aromatic ring is 1. The molecule has 3 rings (SSSR count). The van der Waals surface area contributed by atoms with E-state index in [1.165, 1.54) is 12.1 Å². The minimum Gasteiger partial charge on any atom is -0.451 e. The molecule has 0 saturated carbocycles. The zero-order chi connectivity index (χ0) is 15.0. The molecule has 21 heavy (non-hydrogen) atoms. The molecule has 0 aliphatic heterocycles. The molecule has 0 aliphatic carbocycles. The van der Waals surface area contributed by atoms with Gasteiger partial charge in [-0.25, -0.2) is 4.39 Å². The molecule has 1 amide bonds. The van der Waals surface area contributed by atoms with E-state index in [0.717, 1.165) is 5.39 Å². The van der Waals surface area contributed by atoms with E-state index in [1.807, 2.05) is 0 Å². The summed E-state index contributed by atoms with van der Waals surface area (Å²) in [6, 6.07) is 11.0. The topological polar surface area (TPSA) is 68.3 Å². The van der Waals surface area contributed by atoms with E-state index in [1.54, 1.807) is 30.3 Å². The van der Waals surface area contributed by atoms with Crippen LogP contribution in [-0.4, -0.2) is 5.91 Å². The number of furan rings is 1. The van der Waals surface area contributed by atoms with Crippen molar-refractivity contribution < 1.29 is 13.6 Å². The molecule has 6 heteroatoms. The van der Waals surface area contributed by atoms with Crippen LogP contribution in [0.25, 0.3) is 11.0 Å². The maximum absolute atomic E-state index is 13.7. The first-order chi connectivity index (χ1) is 10.0. The Morgan fingerprint density at radius 1 is 1.19 bits per heavy atom. The molecule has 3 N–H and O–H groups in total. The molecule has 1 heterocycles. The van der Waals surface area contributed by atoms with Crippen LogP contribution < -0.4 is 11.1 Å². The number of amides is 1. The predicted molar refractivity (Wildman–Crippen MR) is 82.7 cm³/mol. The lowest BCUT2D eigenvalue weighted by Crippen LogP contribution is -2.11. The first kappa shape index (κ1) is 13.6. The van der Waals surface area contributed by atoms with Gasteiger partial charge >= 0.3 is 0 Å². The lowest BCUT2D eigenvalue weighted by Gasteiger charge is -2.04. The van der Waals surface area contributed by atoms with Gasteiger partial charge in [0, 0.05) is 15.5 Å². The number of hydrogen-bond acceptors (Lipinski definition) is 3. The third-order valence-corrected chi connectivity index (χ3v) is 3.44. The molecule has 1 aromatic heterocycles. The molecule has 0 aliphatic rings. The molecule has 0 bridgehead atoms. The van der Waals surface area contributed by atoms with Crippen LogP contribution >= 0.6 is 15.9 Å². The summed E-state index contributed by atoms with van der Waals surface area (Å²) in [6.45, 7) is 0. The Kier molecular flexibility index (Phi) is 3.39. The monoisotopic (exact) mass is 348 g/mol. The first-order valence-electron chi connectivity index (χ1n) is 6.08. The van der Waals surface area contributed by atoms with Crippen molar-refractivity contribution in [3.8, 4) is 0 Å². The highest BCUT2D eigenvalue weighted by atomic mass is 79.9. The van der Waals surface area contributed by atoms with Gasteiger partial charge in [-0.2, -0.15) is 0 Å². The number of nitrogens with two attached hydrogens (primary N) is 1. The number of carbonyl (C=O) groups excluding carboxylic acids is 1. The molecule has 2 aromatic carbocycles. The van der Waals surface area contributed by atoms with Gasteiger partial charge in [0.05, 0.1) is 5.69 Å². The molecule has 0 saturated heterocycles. The summed E-state index contributed by atoms with van der Waals surface area (Å²) in [5.74, 6) is -0.956. The van der Waals surface area contributed by atoms with Crippen molar-refractivity contribution in [1.29, 1.82) is 0 Å². The highest BCUT2D eigenvalue weighted by Crippen LogP contribution is 2.24. The van der Waals surface area contributed by atoms with Crippen LogP contribution in [0.4, 0.5) is 15.8 Å². The standard InChI is InChI=1S/C15H10BrFN2O2/c16-9-1-3-12(11(17)7-9)19-15(20)14-6-8-5-10(18)2-4-13(8)21-14/h1-7H,18H2,(H,19,20). The smallest absolute Gasteiger partial charge is 0.291 e. The molecule has 0 radical (unpaired) electrons. The minimum atomic E-state index is -0.530. The van der Waals surface area contributed by atoms with Gasteiger partial charge in [0.1, 0.15) is 11.4 Å². The van der Waals surface area contributed by atoms with Crippen molar-refractivity contribution in [3.05, 3.63) is 58.5 Å². The zero-order valence-electron chi connectivity index (χ0n) is 10.7. The second-order valence-corrected chi connectivity index (χ2v) is 5.40. The summed E-state index contributed by atoms with van der Waals surface area (Å²) >= 11 is 3.15. The van der Waals surface area contributed by atoms with Gasteiger partial charge in [0.2, 0.25) is 0 Å². The number of rotatable bonds is 2. The lowest BCUT2D eigenvalue weighted by molar-refractivity contribution is 0.0998. The van der Waals surface area contributed by atoms with Crippen molar-refractivity contribution in [2.24, 2.45) is 0 Å². The van der Waals surface area contributed by atoms with Crippen molar-refractivity contribution in [2.45, 2.75) is 0 Å². The molecule has 0 spiro atoms. The predicted octanol–water partition coefficient (Wildman–Crippen LogP) is 4.17. The van der Waals surface area contributed by atoms with E-state index >= 15 is 0 Å². The molecule has 4 nitrogen and oxygen atoms in total. The fourth-order valence-electron chi connectivity index (χ4n) is 1.95. The Labute approximate surface area is 127 Å². The average molecular weight is 349 g/mol. The average Bonchev–Trinajstić information content (AvgIpc) is 2.85. The van der Waals surface area contributed by atoms with Gasteiger partial charge in [-0.3, -0.25) is 4.79 Å². The second-order valence-electron chi connectivity index (χ2n) is 4.49. The molecule has 0 atom stereocenters. The van der Waals surface area contributed by atoms with E-state index in [4.69, 9.17) is 10.2 Å². The van der Waals surface area contributed by atoms with Crippen LogP contribution in [0.15, 0.2) is 51.4 Å². The summed E-state index contributed by atoms with van der Waals surface area (Å²) in [4.78, 5) is 12.1. The fraction of sp³-hybridized carbons (Fsp3) is 0. The van der Waals surface area contributed by atoms with E-state index < -0.39 is 11.7 Å². The molecule has 0 fully saturated rings. The van der Waals surface area contributed by atoms with E-state index in [2.05, 4.69) is 21.2 Å². The zero-order valence-corrected chi connectivity index (χ0v) is 12.3. The second kappa shape index (κ2) is 5.21. The van der Waals surface area contributed by atoms with Gasteiger partial charge in [-0.15, -0.1) is 0 Å². The van der Waals surface area contributed by atoms with Gasteiger partial charge in [-0.1, -0.05) is 15.9 Å². The van der Waals surface area contributed by atoms with E-state index in [0.29, 0.717) is 15.7 Å². The maximum Gasteiger partial charge on any atom is 0.291 e. The van der Waals surface area contributed by atoms with Crippen molar-refractivity contribution >= 4 is 44.2 Å². The highest BCUT2D eigenvalue weighted by Gasteiger charge is 2.14. The summed E-state index contributed by atoms with van der Waals surface area (Å²) in [5.41, 5.74) is 6.88. The maximum atomic E-state index is 13.7. The Morgan fingerprint density at radius 2 is 2.00 bits per heavy atom. The van der Waals surface area contributed by atoms with Gasteiger partial charge in [0.25, 0.3) is 5.91 Å². The number of carbonyl (C=O) groups is 1. The Bertz CT molecular complexity index is 845. The van der Waals surface area contributed by atoms with Crippen LogP contribution in [0.5, 0.6) is 0 Å². The third kappa shape index (κ3) is 2.75. The first-order valence-corrected chi connectivity index (χ1v) is 6.88. The Morgan fingerprint density at radius 3 is 2.76 bits per heavy atom. The summed E-state index contributed by atoms with van der Waals surface area (Å²) in [5, 5.41) is 3.19. The van der Waals surface area contributed by atoms with Crippen molar-refractivity contribution in [2.75, 3.05) is 11.1 Å². The summed E-state index contributed by atoms with van der Waals surface area (Å²) in [7, 11) is 0. The SMILES string of the molecule is Nc1ccc2oc(C(=O)Nc3ccc(Br)cc3F)cc2c1. The molecule has 3 aromatic rings. The van der Waals surface area contributed by atoms with Crippen LogP contribution in [-0.2, 0) is 0 Å². The van der Waals surface area contributed by atoms with Crippen LogP contribution in [0.2, 0.25) is 0 Å². The summed E-state index contributed by atoms with van der Waals surface area (Å²) < 4.78 is 19.7. The number of fused-ring (bicyclic) bond motifs is 1. The molecular formula is C15H10BrFN2O2. The van der Waals surface area contributed by atoms with E-state index in [-0.39, 0.29) is 11.4 Å². The summed E-state index contributed by atoms with van der Waals surface area (Å²) in [6.07, 6.45) is 0. The van der Waals surface area contributed by atoms with Crippen LogP contribution in [0, 0.1) is 5.82 Å². The number of nitrogens with one attached hydrogen (secondary N) is 1. The number of halogens is 2. The van der Waals surface area contributed by atoms with Gasteiger partial charge in [0.15, 0.2) is 5.76 Å².